The molecule has 1 aliphatic heterocycles. The first-order chi connectivity index (χ1) is 9.71. The number of amides is 1. The molecule has 1 unspecified atom stereocenters. The number of hydrogen-bond acceptors (Lipinski definition) is 4. The van der Waals surface area contributed by atoms with E-state index in [1.165, 1.54) is 0 Å². The number of ether oxygens (including phenoxy) is 2. The summed E-state index contributed by atoms with van der Waals surface area (Å²) in [7, 11) is 5.07. The third-order valence-corrected chi connectivity index (χ3v) is 3.70. The van der Waals surface area contributed by atoms with E-state index in [1.807, 2.05) is 23.1 Å². The number of halogens is 1. The largest absolute Gasteiger partial charge is 0.497 e. The molecule has 1 aromatic rings. The zero-order chi connectivity index (χ0) is 14.5. The maximum Gasteiger partial charge on any atom is 0.237 e. The number of hydrogen-bond donors (Lipinski definition) is 1. The number of rotatable bonds is 5. The van der Waals surface area contributed by atoms with Gasteiger partial charge in [0.05, 0.1) is 26.8 Å². The highest BCUT2D eigenvalue weighted by Gasteiger charge is 2.31. The van der Waals surface area contributed by atoms with E-state index >= 15 is 0 Å². The van der Waals surface area contributed by atoms with Gasteiger partial charge in [0.2, 0.25) is 5.91 Å². The third kappa shape index (κ3) is 3.80. The number of carbonyl (C=O) groups is 1. The fourth-order valence-corrected chi connectivity index (χ4v) is 2.74. The molecule has 0 saturated carbocycles. The summed E-state index contributed by atoms with van der Waals surface area (Å²) in [5.74, 6) is 1.67. The Morgan fingerprint density at radius 2 is 2.14 bits per heavy atom. The van der Waals surface area contributed by atoms with Crippen LogP contribution in [0.2, 0.25) is 0 Å². The fraction of sp³-hybridized carbons (Fsp3) is 0.533. The number of nitrogens with one attached hydrogen (secondary N) is 1. The second kappa shape index (κ2) is 8.10. The molecule has 0 aliphatic carbocycles. The predicted molar refractivity (Wildman–Crippen MR) is 84.4 cm³/mol. The van der Waals surface area contributed by atoms with Gasteiger partial charge in [-0.05, 0) is 32.0 Å². The minimum absolute atomic E-state index is 0. The normalized spacial score (nSPS) is 17.3. The van der Waals surface area contributed by atoms with Gasteiger partial charge in [-0.25, -0.2) is 0 Å². The Hall–Kier alpha value is -1.46. The summed E-state index contributed by atoms with van der Waals surface area (Å²) >= 11 is 0. The lowest BCUT2D eigenvalue weighted by Gasteiger charge is -2.26. The first-order valence-electron chi connectivity index (χ1n) is 6.87. The first kappa shape index (κ1) is 17.6. The lowest BCUT2D eigenvalue weighted by Crippen LogP contribution is -2.36. The Balaban J connectivity index is 0.00000220. The molecule has 1 aliphatic rings. The summed E-state index contributed by atoms with van der Waals surface area (Å²) in [5, 5.41) is 2.92. The topological polar surface area (TPSA) is 50.8 Å². The van der Waals surface area contributed by atoms with Crippen molar-refractivity contribution in [3.63, 3.8) is 0 Å². The summed E-state index contributed by atoms with van der Waals surface area (Å²) in [6.45, 7) is 1.18. The molecular weight excluding hydrogens is 292 g/mol. The Labute approximate surface area is 132 Å². The van der Waals surface area contributed by atoms with Crippen LogP contribution in [0.15, 0.2) is 18.2 Å². The molecule has 6 heteroatoms. The average Bonchev–Trinajstić information content (AvgIpc) is 2.96. The Morgan fingerprint density at radius 3 is 2.76 bits per heavy atom. The number of methoxy groups -OCH3 is 2. The van der Waals surface area contributed by atoms with E-state index in [-0.39, 0.29) is 24.4 Å². The molecule has 1 atom stereocenters. The van der Waals surface area contributed by atoms with E-state index in [1.54, 1.807) is 21.3 Å². The summed E-state index contributed by atoms with van der Waals surface area (Å²) < 4.78 is 10.7. The van der Waals surface area contributed by atoms with Crippen molar-refractivity contribution < 1.29 is 14.3 Å². The van der Waals surface area contributed by atoms with Gasteiger partial charge >= 0.3 is 0 Å². The van der Waals surface area contributed by atoms with Crippen LogP contribution in [0, 0.1) is 0 Å². The lowest BCUT2D eigenvalue weighted by atomic mass is 10.0. The summed E-state index contributed by atoms with van der Waals surface area (Å²) in [6.07, 6.45) is 1.99. The van der Waals surface area contributed by atoms with Crippen molar-refractivity contribution in [3.05, 3.63) is 23.8 Å². The fourth-order valence-electron chi connectivity index (χ4n) is 2.74. The molecule has 0 radical (unpaired) electrons. The summed E-state index contributed by atoms with van der Waals surface area (Å²) in [4.78, 5) is 14.1. The zero-order valence-corrected chi connectivity index (χ0v) is 13.5. The second-order valence-electron chi connectivity index (χ2n) is 4.88. The molecule has 1 saturated heterocycles. The molecule has 21 heavy (non-hydrogen) atoms. The molecule has 1 amide bonds. The summed E-state index contributed by atoms with van der Waals surface area (Å²) in [6, 6.07) is 5.87. The number of carbonyl (C=O) groups excluding carboxylic acids is 1. The van der Waals surface area contributed by atoms with Gasteiger partial charge in [0.15, 0.2) is 0 Å². The van der Waals surface area contributed by atoms with E-state index in [4.69, 9.17) is 9.47 Å². The average molecular weight is 315 g/mol. The quantitative estimate of drug-likeness (QED) is 0.903. The van der Waals surface area contributed by atoms with Crippen molar-refractivity contribution in [3.8, 4) is 11.5 Å². The van der Waals surface area contributed by atoms with Crippen molar-refractivity contribution in [2.24, 2.45) is 0 Å². The van der Waals surface area contributed by atoms with Crippen molar-refractivity contribution in [1.82, 2.24) is 10.2 Å². The second-order valence-corrected chi connectivity index (χ2v) is 4.88. The molecular formula is C15H23ClN2O3. The van der Waals surface area contributed by atoms with Crippen molar-refractivity contribution in [2.45, 2.75) is 18.9 Å². The molecule has 1 fully saturated rings. The first-order valence-corrected chi connectivity index (χ1v) is 6.87. The molecule has 118 valence electrons. The van der Waals surface area contributed by atoms with Gasteiger partial charge in [0.25, 0.3) is 0 Å². The smallest absolute Gasteiger partial charge is 0.237 e. The van der Waals surface area contributed by atoms with Crippen LogP contribution < -0.4 is 14.8 Å². The minimum Gasteiger partial charge on any atom is -0.497 e. The molecule has 5 nitrogen and oxygen atoms in total. The van der Waals surface area contributed by atoms with Gasteiger partial charge < -0.3 is 19.7 Å². The molecule has 2 rings (SSSR count). The van der Waals surface area contributed by atoms with Crippen molar-refractivity contribution in [1.29, 1.82) is 0 Å². The standard InChI is InChI=1S/C15H22N2O3.ClH/c1-16-10-15(18)17-8-4-5-13(17)12-7-6-11(19-2)9-14(12)20-3;/h6-7,9,13,16H,4-5,8,10H2,1-3H3;1H. The Bertz CT molecular complexity index is 482. The van der Waals surface area contributed by atoms with Crippen LogP contribution in [-0.2, 0) is 4.79 Å². The van der Waals surface area contributed by atoms with Crippen molar-refractivity contribution >= 4 is 18.3 Å². The van der Waals surface area contributed by atoms with E-state index < -0.39 is 0 Å². The van der Waals surface area contributed by atoms with Crippen LogP contribution in [0.3, 0.4) is 0 Å². The minimum atomic E-state index is 0. The lowest BCUT2D eigenvalue weighted by molar-refractivity contribution is -0.131. The molecule has 1 heterocycles. The SMILES string of the molecule is CNCC(=O)N1CCCC1c1ccc(OC)cc1OC.Cl. The third-order valence-electron chi connectivity index (χ3n) is 3.70. The van der Waals surface area contributed by atoms with E-state index in [0.29, 0.717) is 6.54 Å². The Kier molecular flexibility index (Phi) is 6.78. The molecule has 1 aromatic carbocycles. The monoisotopic (exact) mass is 314 g/mol. The number of nitrogens with zero attached hydrogens (tertiary/aromatic N) is 1. The van der Waals surface area contributed by atoms with Gasteiger partial charge in [-0.2, -0.15) is 0 Å². The maximum atomic E-state index is 12.1. The van der Waals surface area contributed by atoms with Crippen LogP contribution in [0.25, 0.3) is 0 Å². The van der Waals surface area contributed by atoms with Crippen LogP contribution in [0.1, 0.15) is 24.4 Å². The van der Waals surface area contributed by atoms with E-state index in [0.717, 1.165) is 36.4 Å². The number of likely N-dealkylation sites (tertiary alicyclic amines) is 1. The van der Waals surface area contributed by atoms with Crippen LogP contribution in [0.5, 0.6) is 11.5 Å². The van der Waals surface area contributed by atoms with Gasteiger partial charge in [-0.15, -0.1) is 12.4 Å². The van der Waals surface area contributed by atoms with E-state index in [2.05, 4.69) is 5.32 Å². The molecule has 1 N–H and O–H groups in total. The van der Waals surface area contributed by atoms with E-state index in [9.17, 15) is 4.79 Å². The highest BCUT2D eigenvalue weighted by atomic mass is 35.5. The van der Waals surface area contributed by atoms with Gasteiger partial charge in [-0.1, -0.05) is 0 Å². The highest BCUT2D eigenvalue weighted by Crippen LogP contribution is 2.38. The van der Waals surface area contributed by atoms with Gasteiger partial charge in [0, 0.05) is 18.2 Å². The summed E-state index contributed by atoms with van der Waals surface area (Å²) in [5.41, 5.74) is 1.05. The molecule has 0 spiro atoms. The van der Waals surface area contributed by atoms with Crippen molar-refractivity contribution in [2.75, 3.05) is 34.4 Å². The maximum absolute atomic E-state index is 12.1. The molecule has 0 aromatic heterocycles. The van der Waals surface area contributed by atoms with Crippen LogP contribution in [-0.4, -0.2) is 45.2 Å². The molecule has 0 bridgehead atoms. The predicted octanol–water partition coefficient (Wildman–Crippen LogP) is 2.01. The zero-order valence-electron chi connectivity index (χ0n) is 12.7. The number of likely N-dealkylation sites (N-methyl/N-ethyl adjacent to an activating group) is 1. The van der Waals surface area contributed by atoms with Crippen LogP contribution in [0.4, 0.5) is 0 Å². The van der Waals surface area contributed by atoms with Gasteiger partial charge in [0.1, 0.15) is 11.5 Å². The Morgan fingerprint density at radius 1 is 1.38 bits per heavy atom. The highest BCUT2D eigenvalue weighted by molar-refractivity contribution is 5.85. The van der Waals surface area contributed by atoms with Crippen LogP contribution >= 0.6 is 12.4 Å². The number of benzene rings is 1. The van der Waals surface area contributed by atoms with Gasteiger partial charge in [-0.3, -0.25) is 4.79 Å².